The summed E-state index contributed by atoms with van der Waals surface area (Å²) in [5, 5.41) is 0. The quantitative estimate of drug-likeness (QED) is 0.744. The monoisotopic (exact) mass is 399 g/mol. The van der Waals surface area contributed by atoms with Gasteiger partial charge in [-0.3, -0.25) is 4.90 Å². The Morgan fingerprint density at radius 1 is 0.931 bits per heavy atom. The van der Waals surface area contributed by atoms with Crippen LogP contribution in [-0.2, 0) is 6.54 Å². The van der Waals surface area contributed by atoms with E-state index < -0.39 is 0 Å². The van der Waals surface area contributed by atoms with E-state index in [-0.39, 0.29) is 6.09 Å². The highest BCUT2D eigenvalue weighted by Crippen LogP contribution is 2.30. The van der Waals surface area contributed by atoms with Crippen LogP contribution in [0.1, 0.15) is 5.56 Å². The van der Waals surface area contributed by atoms with Crippen molar-refractivity contribution in [3.05, 3.63) is 48.0 Å². The number of carbonyl (C=O) groups excluding carboxylic acids is 1. The fourth-order valence-corrected chi connectivity index (χ4v) is 3.37. The second kappa shape index (κ2) is 9.52. The van der Waals surface area contributed by atoms with Crippen molar-refractivity contribution in [2.45, 2.75) is 6.54 Å². The van der Waals surface area contributed by atoms with Crippen molar-refractivity contribution in [3.63, 3.8) is 0 Å². The minimum Gasteiger partial charge on any atom is -0.493 e. The fraction of sp³-hybridized carbons (Fsp3) is 0.409. The van der Waals surface area contributed by atoms with Crippen molar-refractivity contribution in [1.29, 1.82) is 0 Å². The summed E-state index contributed by atoms with van der Waals surface area (Å²) in [6.07, 6.45) is -0.371. The molecular weight excluding hydrogens is 370 g/mol. The second-order valence-corrected chi connectivity index (χ2v) is 7.18. The molecule has 1 amide bonds. The lowest BCUT2D eigenvalue weighted by Gasteiger charge is -2.36. The standard InChI is InChI=1S/C22H29N3O4/c1-23(2)22(26)29-19-8-6-5-7-18(19)25-13-11-24(12-14-25)16-17-9-10-20(27-3)21(15-17)28-4/h5-10,15H,11-14,16H2,1-4H3. The molecule has 1 heterocycles. The van der Waals surface area contributed by atoms with E-state index in [1.807, 2.05) is 36.4 Å². The molecule has 2 aromatic carbocycles. The van der Waals surface area contributed by atoms with Crippen LogP contribution >= 0.6 is 0 Å². The number of para-hydroxylation sites is 2. The van der Waals surface area contributed by atoms with Gasteiger partial charge >= 0.3 is 6.09 Å². The molecule has 1 aliphatic heterocycles. The fourth-order valence-electron chi connectivity index (χ4n) is 3.37. The summed E-state index contributed by atoms with van der Waals surface area (Å²) < 4.78 is 16.3. The van der Waals surface area contributed by atoms with Crippen molar-refractivity contribution in [1.82, 2.24) is 9.80 Å². The van der Waals surface area contributed by atoms with Gasteiger partial charge in [-0.05, 0) is 29.8 Å². The maximum absolute atomic E-state index is 12.0. The van der Waals surface area contributed by atoms with Gasteiger partial charge in [0.1, 0.15) is 0 Å². The number of amides is 1. The summed E-state index contributed by atoms with van der Waals surface area (Å²) in [7, 11) is 6.65. The average Bonchev–Trinajstić information content (AvgIpc) is 2.74. The molecule has 0 saturated carbocycles. The van der Waals surface area contributed by atoms with E-state index in [1.165, 1.54) is 10.5 Å². The van der Waals surface area contributed by atoms with Gasteiger partial charge in [0.25, 0.3) is 0 Å². The minimum absolute atomic E-state index is 0.371. The number of methoxy groups -OCH3 is 2. The molecule has 0 N–H and O–H groups in total. The molecule has 7 nitrogen and oxygen atoms in total. The SMILES string of the molecule is COc1ccc(CN2CCN(c3ccccc3OC(=O)N(C)C)CC2)cc1OC. The smallest absolute Gasteiger partial charge is 0.414 e. The summed E-state index contributed by atoms with van der Waals surface area (Å²) in [4.78, 5) is 18.1. The average molecular weight is 399 g/mol. The zero-order chi connectivity index (χ0) is 20.8. The maximum Gasteiger partial charge on any atom is 0.414 e. The molecular formula is C22H29N3O4. The Hall–Kier alpha value is -2.93. The third-order valence-electron chi connectivity index (χ3n) is 4.99. The van der Waals surface area contributed by atoms with E-state index in [0.29, 0.717) is 5.75 Å². The van der Waals surface area contributed by atoms with Crippen molar-refractivity contribution >= 4 is 11.8 Å². The Bertz CT molecular complexity index is 833. The highest BCUT2D eigenvalue weighted by Gasteiger charge is 2.21. The Kier molecular flexibility index (Phi) is 6.82. The number of benzene rings is 2. The molecule has 0 atom stereocenters. The third kappa shape index (κ3) is 5.12. The van der Waals surface area contributed by atoms with Crippen LogP contribution < -0.4 is 19.1 Å². The summed E-state index contributed by atoms with van der Waals surface area (Å²) in [6, 6.07) is 13.7. The number of carbonyl (C=O) groups is 1. The molecule has 1 saturated heterocycles. The van der Waals surface area contributed by atoms with Crippen molar-refractivity contribution in [3.8, 4) is 17.2 Å². The first kappa shape index (κ1) is 20.8. The zero-order valence-corrected chi connectivity index (χ0v) is 17.6. The minimum atomic E-state index is -0.371. The van der Waals surface area contributed by atoms with Crippen molar-refractivity contribution in [2.24, 2.45) is 0 Å². The van der Waals surface area contributed by atoms with Gasteiger partial charge in [0.05, 0.1) is 19.9 Å². The van der Waals surface area contributed by atoms with Gasteiger partial charge in [-0.1, -0.05) is 18.2 Å². The van der Waals surface area contributed by atoms with Crippen LogP contribution in [0, 0.1) is 0 Å². The first-order valence-corrected chi connectivity index (χ1v) is 9.68. The van der Waals surface area contributed by atoms with Crippen LogP contribution in [0.25, 0.3) is 0 Å². The largest absolute Gasteiger partial charge is 0.493 e. The van der Waals surface area contributed by atoms with Gasteiger partial charge in [0, 0.05) is 46.8 Å². The van der Waals surface area contributed by atoms with Gasteiger partial charge in [-0.25, -0.2) is 4.79 Å². The van der Waals surface area contributed by atoms with E-state index in [2.05, 4.69) is 15.9 Å². The third-order valence-corrected chi connectivity index (χ3v) is 4.99. The van der Waals surface area contributed by atoms with Crippen LogP contribution in [0.2, 0.25) is 0 Å². The Balaban J connectivity index is 1.62. The topological polar surface area (TPSA) is 54.5 Å². The Morgan fingerprint density at radius 3 is 2.28 bits per heavy atom. The lowest BCUT2D eigenvalue weighted by atomic mass is 10.1. The lowest BCUT2D eigenvalue weighted by molar-refractivity contribution is 0.172. The number of rotatable bonds is 6. The first-order chi connectivity index (χ1) is 14.0. The van der Waals surface area contributed by atoms with Crippen molar-refractivity contribution < 1.29 is 19.0 Å². The highest BCUT2D eigenvalue weighted by molar-refractivity contribution is 5.73. The summed E-state index contributed by atoms with van der Waals surface area (Å²) in [6.45, 7) is 4.42. The lowest BCUT2D eigenvalue weighted by Crippen LogP contribution is -2.46. The van der Waals surface area contributed by atoms with Gasteiger partial charge in [0.2, 0.25) is 0 Å². The molecule has 7 heteroatoms. The summed E-state index contributed by atoms with van der Waals surface area (Å²) >= 11 is 0. The van der Waals surface area contributed by atoms with E-state index >= 15 is 0 Å². The molecule has 1 aliphatic rings. The second-order valence-electron chi connectivity index (χ2n) is 7.18. The van der Waals surface area contributed by atoms with Crippen LogP contribution in [0.3, 0.4) is 0 Å². The number of hydrogen-bond donors (Lipinski definition) is 0. The number of nitrogens with zero attached hydrogens (tertiary/aromatic N) is 3. The molecule has 3 rings (SSSR count). The summed E-state index contributed by atoms with van der Waals surface area (Å²) in [5.74, 6) is 2.09. The molecule has 156 valence electrons. The number of piperazine rings is 1. The molecule has 2 aromatic rings. The number of ether oxygens (including phenoxy) is 3. The maximum atomic E-state index is 12.0. The molecule has 29 heavy (non-hydrogen) atoms. The Morgan fingerprint density at radius 2 is 1.62 bits per heavy atom. The van der Waals surface area contributed by atoms with E-state index in [1.54, 1.807) is 28.3 Å². The molecule has 0 radical (unpaired) electrons. The molecule has 1 fully saturated rings. The van der Waals surface area contributed by atoms with Gasteiger partial charge < -0.3 is 24.0 Å². The van der Waals surface area contributed by atoms with Crippen molar-refractivity contribution in [2.75, 3.05) is 59.4 Å². The molecule has 0 aliphatic carbocycles. The molecule has 0 spiro atoms. The predicted molar refractivity (Wildman–Crippen MR) is 113 cm³/mol. The van der Waals surface area contributed by atoms with Crippen LogP contribution in [0.4, 0.5) is 10.5 Å². The van der Waals surface area contributed by atoms with Gasteiger partial charge in [0.15, 0.2) is 17.2 Å². The molecule has 0 aromatic heterocycles. The van der Waals surface area contributed by atoms with Gasteiger partial charge in [-0.15, -0.1) is 0 Å². The Labute approximate surface area is 172 Å². The highest BCUT2D eigenvalue weighted by atomic mass is 16.6. The number of hydrogen-bond acceptors (Lipinski definition) is 6. The predicted octanol–water partition coefficient (Wildman–Crippen LogP) is 3.09. The molecule has 0 unspecified atom stereocenters. The van der Waals surface area contributed by atoms with Crippen LogP contribution in [0.15, 0.2) is 42.5 Å². The van der Waals surface area contributed by atoms with Crippen LogP contribution in [-0.4, -0.2) is 70.4 Å². The summed E-state index contributed by atoms with van der Waals surface area (Å²) in [5.41, 5.74) is 2.14. The van der Waals surface area contributed by atoms with Crippen LogP contribution in [0.5, 0.6) is 17.2 Å². The van der Waals surface area contributed by atoms with E-state index in [9.17, 15) is 4.79 Å². The first-order valence-electron chi connectivity index (χ1n) is 9.68. The van der Waals surface area contributed by atoms with E-state index in [0.717, 1.165) is 49.9 Å². The van der Waals surface area contributed by atoms with E-state index in [4.69, 9.17) is 14.2 Å². The number of anilines is 1. The normalized spacial score (nSPS) is 14.4. The zero-order valence-electron chi connectivity index (χ0n) is 17.6. The van der Waals surface area contributed by atoms with Gasteiger partial charge in [-0.2, -0.15) is 0 Å². The molecule has 0 bridgehead atoms.